The summed E-state index contributed by atoms with van der Waals surface area (Å²) in [5.74, 6) is 1.07. The fraction of sp³-hybridized carbons (Fsp3) is 0.375. The molecule has 2 bridgehead atoms. The first kappa shape index (κ1) is 17.8. The van der Waals surface area contributed by atoms with Gasteiger partial charge in [0.25, 0.3) is 0 Å². The predicted octanol–water partition coefficient (Wildman–Crippen LogP) is 4.82. The fourth-order valence-corrected chi connectivity index (χ4v) is 4.82. The van der Waals surface area contributed by atoms with E-state index >= 15 is 0 Å². The van der Waals surface area contributed by atoms with Crippen LogP contribution in [0.4, 0.5) is 0 Å². The second kappa shape index (κ2) is 7.59. The maximum Gasteiger partial charge on any atom is 0.246 e. The SMILES string of the molecule is COc1cccc([C@]23CCC[C@H](C2)N(C(=O)/C=C\c2ccccc2)CC3)c1. The number of fused-ring (bicyclic) bond motifs is 2. The Kier molecular flexibility index (Phi) is 5.02. The van der Waals surface area contributed by atoms with Crippen molar-refractivity contribution in [3.63, 3.8) is 0 Å². The smallest absolute Gasteiger partial charge is 0.246 e. The van der Waals surface area contributed by atoms with E-state index in [0.717, 1.165) is 37.1 Å². The number of benzene rings is 2. The van der Waals surface area contributed by atoms with Gasteiger partial charge in [-0.25, -0.2) is 0 Å². The quantitative estimate of drug-likeness (QED) is 0.731. The number of rotatable bonds is 4. The second-order valence-electron chi connectivity index (χ2n) is 7.79. The Bertz CT molecular complexity index is 829. The largest absolute Gasteiger partial charge is 0.497 e. The number of likely N-dealkylation sites (tertiary alicyclic amines) is 1. The van der Waals surface area contributed by atoms with Crippen molar-refractivity contribution in [3.8, 4) is 5.75 Å². The Labute approximate surface area is 161 Å². The number of nitrogens with zero attached hydrogens (tertiary/aromatic N) is 1. The summed E-state index contributed by atoms with van der Waals surface area (Å²) in [5, 5.41) is 0. The summed E-state index contributed by atoms with van der Waals surface area (Å²) in [6.45, 7) is 0.833. The van der Waals surface area contributed by atoms with E-state index in [1.165, 1.54) is 18.4 Å². The molecule has 3 nitrogen and oxygen atoms in total. The average molecular weight is 361 g/mol. The molecule has 2 aromatic carbocycles. The first-order valence-corrected chi connectivity index (χ1v) is 9.88. The van der Waals surface area contributed by atoms with Gasteiger partial charge in [0, 0.05) is 18.7 Å². The number of amides is 1. The van der Waals surface area contributed by atoms with Crippen LogP contribution in [0, 0.1) is 0 Å². The maximum atomic E-state index is 12.8. The highest BCUT2D eigenvalue weighted by molar-refractivity contribution is 5.92. The number of piperidine rings is 1. The second-order valence-corrected chi connectivity index (χ2v) is 7.79. The number of ether oxygens (including phenoxy) is 1. The minimum Gasteiger partial charge on any atom is -0.497 e. The van der Waals surface area contributed by atoms with Crippen LogP contribution in [0.5, 0.6) is 5.75 Å². The van der Waals surface area contributed by atoms with Gasteiger partial charge in [0.15, 0.2) is 0 Å². The van der Waals surface area contributed by atoms with Gasteiger partial charge < -0.3 is 9.64 Å². The van der Waals surface area contributed by atoms with Gasteiger partial charge in [0.2, 0.25) is 5.91 Å². The zero-order chi connectivity index (χ0) is 18.7. The molecule has 2 aromatic rings. The van der Waals surface area contributed by atoms with Crippen molar-refractivity contribution in [2.24, 2.45) is 0 Å². The van der Waals surface area contributed by atoms with Crippen LogP contribution in [0.3, 0.4) is 0 Å². The minimum absolute atomic E-state index is 0.144. The lowest BCUT2D eigenvalue weighted by atomic mass is 9.63. The van der Waals surface area contributed by atoms with Crippen molar-refractivity contribution in [2.75, 3.05) is 13.7 Å². The Balaban J connectivity index is 1.50. The lowest BCUT2D eigenvalue weighted by Gasteiger charge is -2.50. The molecule has 1 amide bonds. The molecule has 4 rings (SSSR count). The zero-order valence-corrected chi connectivity index (χ0v) is 15.9. The number of carbonyl (C=O) groups is 1. The minimum atomic E-state index is 0.144. The van der Waals surface area contributed by atoms with Gasteiger partial charge in [0.1, 0.15) is 5.75 Å². The number of methoxy groups -OCH3 is 1. The van der Waals surface area contributed by atoms with Gasteiger partial charge in [-0.15, -0.1) is 0 Å². The van der Waals surface area contributed by atoms with E-state index in [1.807, 2.05) is 42.5 Å². The van der Waals surface area contributed by atoms with Gasteiger partial charge in [-0.1, -0.05) is 48.9 Å². The van der Waals surface area contributed by atoms with Gasteiger partial charge in [-0.05, 0) is 60.4 Å². The highest BCUT2D eigenvalue weighted by Crippen LogP contribution is 2.47. The molecule has 0 N–H and O–H groups in total. The Morgan fingerprint density at radius 1 is 1.15 bits per heavy atom. The van der Waals surface area contributed by atoms with E-state index in [0.29, 0.717) is 6.04 Å². The normalized spacial score (nSPS) is 24.8. The van der Waals surface area contributed by atoms with Gasteiger partial charge in [-0.2, -0.15) is 0 Å². The molecule has 1 heterocycles. The van der Waals surface area contributed by atoms with E-state index in [2.05, 4.69) is 23.1 Å². The molecule has 1 saturated heterocycles. The average Bonchev–Trinajstić information content (AvgIpc) is 2.73. The van der Waals surface area contributed by atoms with Gasteiger partial charge >= 0.3 is 0 Å². The molecular formula is C24H27NO2. The molecule has 0 radical (unpaired) electrons. The van der Waals surface area contributed by atoms with Crippen molar-refractivity contribution in [3.05, 3.63) is 71.8 Å². The summed E-state index contributed by atoms with van der Waals surface area (Å²) in [6.07, 6.45) is 9.24. The molecule has 2 fully saturated rings. The third-order valence-corrected chi connectivity index (χ3v) is 6.27. The molecule has 1 saturated carbocycles. The first-order chi connectivity index (χ1) is 13.2. The third-order valence-electron chi connectivity index (χ3n) is 6.27. The standard InChI is InChI=1S/C24H27NO2/c1-27-22-11-5-9-20(17-22)24-14-6-10-21(18-24)25(16-15-24)23(26)13-12-19-7-3-2-4-8-19/h2-5,7-9,11-13,17,21H,6,10,14-16,18H2,1H3/b13-12-/t21-,24+/m1/s1. The summed E-state index contributed by atoms with van der Waals surface area (Å²) in [4.78, 5) is 14.9. The van der Waals surface area contributed by atoms with Crippen LogP contribution in [-0.2, 0) is 10.2 Å². The first-order valence-electron chi connectivity index (χ1n) is 9.88. The molecule has 3 heteroatoms. The summed E-state index contributed by atoms with van der Waals surface area (Å²) in [5.41, 5.74) is 2.63. The lowest BCUT2D eigenvalue weighted by Crippen LogP contribution is -2.53. The molecule has 2 atom stereocenters. The van der Waals surface area contributed by atoms with Gasteiger partial charge in [0.05, 0.1) is 7.11 Å². The van der Waals surface area contributed by atoms with E-state index in [-0.39, 0.29) is 11.3 Å². The highest BCUT2D eigenvalue weighted by atomic mass is 16.5. The van der Waals surface area contributed by atoms with Crippen molar-refractivity contribution >= 4 is 12.0 Å². The predicted molar refractivity (Wildman–Crippen MR) is 109 cm³/mol. The van der Waals surface area contributed by atoms with E-state index in [4.69, 9.17) is 4.74 Å². The summed E-state index contributed by atoms with van der Waals surface area (Å²) < 4.78 is 5.44. The molecule has 0 spiro atoms. The fourth-order valence-electron chi connectivity index (χ4n) is 4.82. The molecular weight excluding hydrogens is 334 g/mol. The maximum absolute atomic E-state index is 12.8. The number of hydrogen-bond donors (Lipinski definition) is 0. The molecule has 1 aliphatic carbocycles. The zero-order valence-electron chi connectivity index (χ0n) is 15.9. The molecule has 140 valence electrons. The van der Waals surface area contributed by atoms with Crippen molar-refractivity contribution in [2.45, 2.75) is 43.6 Å². The van der Waals surface area contributed by atoms with Crippen molar-refractivity contribution in [1.29, 1.82) is 0 Å². The molecule has 0 unspecified atom stereocenters. The van der Waals surface area contributed by atoms with E-state index in [9.17, 15) is 4.79 Å². The van der Waals surface area contributed by atoms with Crippen LogP contribution in [0.1, 0.15) is 43.2 Å². The molecule has 0 aromatic heterocycles. The molecule has 1 aliphatic heterocycles. The van der Waals surface area contributed by atoms with Crippen LogP contribution in [0.2, 0.25) is 0 Å². The topological polar surface area (TPSA) is 29.5 Å². The molecule has 2 aliphatic rings. The van der Waals surface area contributed by atoms with Crippen molar-refractivity contribution < 1.29 is 9.53 Å². The number of hydrogen-bond acceptors (Lipinski definition) is 2. The monoisotopic (exact) mass is 361 g/mol. The summed E-state index contributed by atoms with van der Waals surface area (Å²) >= 11 is 0. The Morgan fingerprint density at radius 2 is 2.00 bits per heavy atom. The highest BCUT2D eigenvalue weighted by Gasteiger charge is 2.44. The Hall–Kier alpha value is -2.55. The van der Waals surface area contributed by atoms with Crippen LogP contribution in [-0.4, -0.2) is 30.5 Å². The lowest BCUT2D eigenvalue weighted by molar-refractivity contribution is -0.131. The van der Waals surface area contributed by atoms with Crippen LogP contribution in [0.15, 0.2) is 60.7 Å². The summed E-state index contributed by atoms with van der Waals surface area (Å²) in [6, 6.07) is 18.9. The number of carbonyl (C=O) groups excluding carboxylic acids is 1. The van der Waals surface area contributed by atoms with Crippen molar-refractivity contribution in [1.82, 2.24) is 4.90 Å². The van der Waals surface area contributed by atoms with E-state index in [1.54, 1.807) is 13.2 Å². The molecule has 27 heavy (non-hydrogen) atoms. The van der Waals surface area contributed by atoms with Gasteiger partial charge in [-0.3, -0.25) is 4.79 Å². The van der Waals surface area contributed by atoms with Crippen LogP contribution in [0.25, 0.3) is 6.08 Å². The van der Waals surface area contributed by atoms with Crippen LogP contribution < -0.4 is 4.74 Å². The Morgan fingerprint density at radius 3 is 2.81 bits per heavy atom. The van der Waals surface area contributed by atoms with E-state index < -0.39 is 0 Å². The van der Waals surface area contributed by atoms with Crippen LogP contribution >= 0.6 is 0 Å². The summed E-state index contributed by atoms with van der Waals surface area (Å²) in [7, 11) is 1.72. The third kappa shape index (κ3) is 3.64.